The molecule has 0 bridgehead atoms. The van der Waals surface area contributed by atoms with Crippen molar-refractivity contribution < 1.29 is 9.90 Å². The van der Waals surface area contributed by atoms with Gasteiger partial charge in [-0.2, -0.15) is 5.10 Å². The molecule has 1 saturated carbocycles. The van der Waals surface area contributed by atoms with E-state index in [1.807, 2.05) is 4.68 Å². The molecule has 1 aromatic rings. The minimum absolute atomic E-state index is 0.514. The first-order valence-corrected chi connectivity index (χ1v) is 7.29. The molecule has 2 atom stereocenters. The molecule has 0 spiro atoms. The fraction of sp³-hybridized carbons (Fsp3) is 0.733. The van der Waals surface area contributed by atoms with Crippen LogP contribution in [0.4, 0.5) is 0 Å². The molecule has 2 rings (SSSR count). The van der Waals surface area contributed by atoms with Gasteiger partial charge >= 0.3 is 5.97 Å². The molecule has 0 radical (unpaired) electrons. The molecule has 0 aliphatic heterocycles. The maximum absolute atomic E-state index is 11.7. The minimum Gasteiger partial charge on any atom is -0.481 e. The van der Waals surface area contributed by atoms with Crippen molar-refractivity contribution in [1.29, 1.82) is 0 Å². The number of carbonyl (C=O) groups is 1. The summed E-state index contributed by atoms with van der Waals surface area (Å²) in [6.07, 6.45) is 4.12. The third kappa shape index (κ3) is 2.67. The number of hydrogen-bond acceptors (Lipinski definition) is 2. The number of carboxylic acid groups (broad SMARTS) is 1. The molecule has 2 unspecified atom stereocenters. The number of aromatic nitrogens is 2. The first kappa shape index (κ1) is 14.1. The van der Waals surface area contributed by atoms with Gasteiger partial charge in [0.15, 0.2) is 0 Å². The summed E-state index contributed by atoms with van der Waals surface area (Å²) in [5.41, 5.74) is 1.57. The molecule has 0 saturated heterocycles. The molecular weight excluding hydrogens is 240 g/mol. The average Bonchev–Trinajstić information content (AvgIpc) is 2.94. The molecule has 106 valence electrons. The first-order chi connectivity index (χ1) is 9.00. The lowest BCUT2D eigenvalue weighted by atomic mass is 9.80. The molecule has 0 aromatic carbocycles. The molecule has 4 nitrogen and oxygen atoms in total. The van der Waals surface area contributed by atoms with Crippen LogP contribution in [0, 0.1) is 11.3 Å². The zero-order chi connectivity index (χ0) is 14.0. The zero-order valence-electron chi connectivity index (χ0n) is 12.1. The van der Waals surface area contributed by atoms with Gasteiger partial charge in [-0.25, -0.2) is 0 Å². The standard InChI is InChI=1S/C15H24N2O2/c1-4-12-8-13(17(5-2)16-12)10-15(14(18)19)7-6-11(3)9-15/h8,11H,4-7,9-10H2,1-3H3,(H,18,19). The molecule has 1 N–H and O–H groups in total. The van der Waals surface area contributed by atoms with E-state index in [0.717, 1.165) is 43.6 Å². The van der Waals surface area contributed by atoms with Crippen LogP contribution in [0.3, 0.4) is 0 Å². The van der Waals surface area contributed by atoms with Crippen molar-refractivity contribution in [3.8, 4) is 0 Å². The van der Waals surface area contributed by atoms with E-state index in [2.05, 4.69) is 31.9 Å². The lowest BCUT2D eigenvalue weighted by molar-refractivity contribution is -0.148. The Morgan fingerprint density at radius 1 is 1.58 bits per heavy atom. The topological polar surface area (TPSA) is 55.1 Å². The van der Waals surface area contributed by atoms with Crippen molar-refractivity contribution in [3.05, 3.63) is 17.5 Å². The van der Waals surface area contributed by atoms with E-state index >= 15 is 0 Å². The Kier molecular flexibility index (Phi) is 3.97. The first-order valence-electron chi connectivity index (χ1n) is 7.29. The van der Waals surface area contributed by atoms with Crippen LogP contribution in [-0.2, 0) is 24.2 Å². The van der Waals surface area contributed by atoms with Crippen molar-refractivity contribution in [2.45, 2.75) is 59.4 Å². The predicted octanol–water partition coefficient (Wildman–Crippen LogP) is 2.90. The maximum Gasteiger partial charge on any atom is 0.310 e. The van der Waals surface area contributed by atoms with Crippen molar-refractivity contribution >= 4 is 5.97 Å². The molecule has 1 aliphatic rings. The molecule has 1 aliphatic carbocycles. The number of nitrogens with zero attached hydrogens (tertiary/aromatic N) is 2. The van der Waals surface area contributed by atoms with E-state index in [-0.39, 0.29) is 0 Å². The highest BCUT2D eigenvalue weighted by molar-refractivity contribution is 5.75. The number of rotatable bonds is 5. The molecule has 1 aromatic heterocycles. The molecule has 1 fully saturated rings. The lowest BCUT2D eigenvalue weighted by Gasteiger charge is -2.24. The quantitative estimate of drug-likeness (QED) is 0.889. The molecular formula is C15H24N2O2. The Labute approximate surface area is 114 Å². The van der Waals surface area contributed by atoms with E-state index < -0.39 is 11.4 Å². The normalized spacial score (nSPS) is 26.8. The second-order valence-electron chi connectivity index (χ2n) is 5.91. The van der Waals surface area contributed by atoms with Crippen LogP contribution in [0.2, 0.25) is 0 Å². The van der Waals surface area contributed by atoms with E-state index in [0.29, 0.717) is 12.3 Å². The summed E-state index contributed by atoms with van der Waals surface area (Å²) >= 11 is 0. The Balaban J connectivity index is 2.27. The SMILES string of the molecule is CCc1cc(CC2(C(=O)O)CCC(C)C2)n(CC)n1. The zero-order valence-corrected chi connectivity index (χ0v) is 12.1. The van der Waals surface area contributed by atoms with Crippen LogP contribution in [0.15, 0.2) is 6.07 Å². The van der Waals surface area contributed by atoms with Crippen molar-refractivity contribution in [2.75, 3.05) is 0 Å². The van der Waals surface area contributed by atoms with Crippen molar-refractivity contribution in [1.82, 2.24) is 9.78 Å². The van der Waals surface area contributed by atoms with E-state index in [1.54, 1.807) is 0 Å². The maximum atomic E-state index is 11.7. The van der Waals surface area contributed by atoms with E-state index in [9.17, 15) is 9.90 Å². The predicted molar refractivity (Wildman–Crippen MR) is 74.1 cm³/mol. The van der Waals surface area contributed by atoms with Gasteiger partial charge in [-0.15, -0.1) is 0 Å². The summed E-state index contributed by atoms with van der Waals surface area (Å²) < 4.78 is 1.96. The number of carboxylic acids is 1. The highest BCUT2D eigenvalue weighted by Gasteiger charge is 2.44. The van der Waals surface area contributed by atoms with Gasteiger partial charge < -0.3 is 5.11 Å². The van der Waals surface area contributed by atoms with Crippen molar-refractivity contribution in [3.63, 3.8) is 0 Å². The van der Waals surface area contributed by atoms with Crippen LogP contribution in [0.25, 0.3) is 0 Å². The van der Waals surface area contributed by atoms with Gasteiger partial charge in [0.2, 0.25) is 0 Å². The average molecular weight is 264 g/mol. The molecule has 4 heteroatoms. The summed E-state index contributed by atoms with van der Waals surface area (Å²) in [6, 6.07) is 2.08. The van der Waals surface area contributed by atoms with Gasteiger partial charge in [0, 0.05) is 18.7 Å². The monoisotopic (exact) mass is 264 g/mol. The van der Waals surface area contributed by atoms with Crippen LogP contribution < -0.4 is 0 Å². The minimum atomic E-state index is -0.640. The lowest BCUT2D eigenvalue weighted by Crippen LogP contribution is -2.31. The molecule has 19 heavy (non-hydrogen) atoms. The van der Waals surface area contributed by atoms with Gasteiger partial charge in [-0.3, -0.25) is 9.48 Å². The summed E-state index contributed by atoms with van der Waals surface area (Å²) in [5, 5.41) is 14.2. The van der Waals surface area contributed by atoms with Gasteiger partial charge in [0.25, 0.3) is 0 Å². The smallest absolute Gasteiger partial charge is 0.310 e. The van der Waals surface area contributed by atoms with Gasteiger partial charge in [-0.1, -0.05) is 13.8 Å². The van der Waals surface area contributed by atoms with E-state index in [4.69, 9.17) is 0 Å². The van der Waals surface area contributed by atoms with Gasteiger partial charge in [0.1, 0.15) is 0 Å². The summed E-state index contributed by atoms with van der Waals surface area (Å²) in [6.45, 7) is 7.09. The highest BCUT2D eigenvalue weighted by Crippen LogP contribution is 2.44. The second-order valence-corrected chi connectivity index (χ2v) is 5.91. The summed E-state index contributed by atoms with van der Waals surface area (Å²) in [7, 11) is 0. The van der Waals surface area contributed by atoms with Crippen LogP contribution in [0.1, 0.15) is 51.4 Å². The Bertz CT molecular complexity index is 467. The number of aryl methyl sites for hydroxylation is 2. The number of hydrogen-bond donors (Lipinski definition) is 1. The largest absolute Gasteiger partial charge is 0.481 e. The van der Waals surface area contributed by atoms with Crippen LogP contribution in [0.5, 0.6) is 0 Å². The Morgan fingerprint density at radius 2 is 2.32 bits per heavy atom. The third-order valence-corrected chi connectivity index (χ3v) is 4.40. The molecule has 1 heterocycles. The Morgan fingerprint density at radius 3 is 2.79 bits per heavy atom. The van der Waals surface area contributed by atoms with Gasteiger partial charge in [0.05, 0.1) is 11.1 Å². The third-order valence-electron chi connectivity index (χ3n) is 4.40. The second kappa shape index (κ2) is 5.35. The van der Waals surface area contributed by atoms with E-state index in [1.165, 1.54) is 0 Å². The fourth-order valence-electron chi connectivity index (χ4n) is 3.27. The van der Waals surface area contributed by atoms with Crippen molar-refractivity contribution in [2.24, 2.45) is 11.3 Å². The highest BCUT2D eigenvalue weighted by atomic mass is 16.4. The molecule has 0 amide bonds. The summed E-state index contributed by atoms with van der Waals surface area (Å²) in [4.78, 5) is 11.7. The van der Waals surface area contributed by atoms with Crippen LogP contribution in [-0.4, -0.2) is 20.9 Å². The van der Waals surface area contributed by atoms with Gasteiger partial charge in [-0.05, 0) is 44.6 Å². The fourth-order valence-corrected chi connectivity index (χ4v) is 3.27. The number of aliphatic carboxylic acids is 1. The Hall–Kier alpha value is -1.32. The summed E-state index contributed by atoms with van der Waals surface area (Å²) in [5.74, 6) is -0.126. The van der Waals surface area contributed by atoms with Crippen LogP contribution >= 0.6 is 0 Å².